The standard InChI is InChI=1S/C10H5F3O2/c11-10(12,13)8-4-6-2-1-3-7(5-14)9(6)15-8/h1-5H. The molecule has 2 rings (SSSR count). The van der Waals surface area contributed by atoms with Crippen LogP contribution in [0.5, 0.6) is 0 Å². The average Bonchev–Trinajstić information content (AvgIpc) is 2.59. The Labute approximate surface area is 82.3 Å². The van der Waals surface area contributed by atoms with Crippen molar-refractivity contribution in [2.45, 2.75) is 6.18 Å². The van der Waals surface area contributed by atoms with Crippen molar-refractivity contribution in [1.29, 1.82) is 0 Å². The minimum absolute atomic E-state index is 0.0279. The molecule has 0 aliphatic carbocycles. The number of alkyl halides is 3. The van der Waals surface area contributed by atoms with Crippen LogP contribution in [0.15, 0.2) is 28.7 Å². The molecule has 0 amide bonds. The number of carbonyl (C=O) groups excluding carboxylic acids is 1. The largest absolute Gasteiger partial charge is 0.451 e. The van der Waals surface area contributed by atoms with Gasteiger partial charge in [0.1, 0.15) is 5.58 Å². The van der Waals surface area contributed by atoms with Gasteiger partial charge in [0, 0.05) is 5.39 Å². The second-order valence-corrected chi connectivity index (χ2v) is 2.99. The Bertz CT molecular complexity index is 511. The van der Waals surface area contributed by atoms with E-state index in [1.165, 1.54) is 18.2 Å². The van der Waals surface area contributed by atoms with Gasteiger partial charge in [-0.3, -0.25) is 4.79 Å². The van der Waals surface area contributed by atoms with Gasteiger partial charge in [0.25, 0.3) is 0 Å². The van der Waals surface area contributed by atoms with Crippen molar-refractivity contribution in [2.24, 2.45) is 0 Å². The number of hydrogen-bond donors (Lipinski definition) is 0. The lowest BCUT2D eigenvalue weighted by Gasteiger charge is -1.99. The molecule has 0 bridgehead atoms. The van der Waals surface area contributed by atoms with Gasteiger partial charge in [-0.2, -0.15) is 13.2 Å². The van der Waals surface area contributed by atoms with E-state index >= 15 is 0 Å². The fourth-order valence-electron chi connectivity index (χ4n) is 1.32. The van der Waals surface area contributed by atoms with Gasteiger partial charge >= 0.3 is 6.18 Å². The van der Waals surface area contributed by atoms with Gasteiger partial charge in [0.05, 0.1) is 5.56 Å². The van der Waals surface area contributed by atoms with Crippen LogP contribution in [0.1, 0.15) is 16.1 Å². The lowest BCUT2D eigenvalue weighted by Crippen LogP contribution is -2.01. The molecule has 0 saturated carbocycles. The van der Waals surface area contributed by atoms with Crippen molar-refractivity contribution in [3.8, 4) is 0 Å². The van der Waals surface area contributed by atoms with Crippen molar-refractivity contribution >= 4 is 17.3 Å². The van der Waals surface area contributed by atoms with E-state index in [4.69, 9.17) is 0 Å². The van der Waals surface area contributed by atoms with Crippen LogP contribution in [-0.2, 0) is 6.18 Å². The molecule has 0 fully saturated rings. The second-order valence-electron chi connectivity index (χ2n) is 2.99. The number of hydrogen-bond acceptors (Lipinski definition) is 2. The number of rotatable bonds is 1. The Morgan fingerprint density at radius 1 is 1.27 bits per heavy atom. The van der Waals surface area contributed by atoms with E-state index in [0.717, 1.165) is 6.07 Å². The zero-order valence-corrected chi connectivity index (χ0v) is 7.34. The van der Waals surface area contributed by atoms with E-state index in [9.17, 15) is 18.0 Å². The summed E-state index contributed by atoms with van der Waals surface area (Å²) in [6, 6.07) is 5.24. The number of para-hydroxylation sites is 1. The molecule has 1 aromatic heterocycles. The molecule has 5 heteroatoms. The summed E-state index contributed by atoms with van der Waals surface area (Å²) in [4.78, 5) is 10.5. The Morgan fingerprint density at radius 3 is 2.60 bits per heavy atom. The van der Waals surface area contributed by atoms with Crippen molar-refractivity contribution in [2.75, 3.05) is 0 Å². The summed E-state index contributed by atoms with van der Waals surface area (Å²) in [6.45, 7) is 0. The van der Waals surface area contributed by atoms with Crippen LogP contribution in [0.2, 0.25) is 0 Å². The average molecular weight is 214 g/mol. The van der Waals surface area contributed by atoms with Gasteiger partial charge in [-0.15, -0.1) is 0 Å². The molecule has 1 heterocycles. The monoisotopic (exact) mass is 214 g/mol. The first-order valence-corrected chi connectivity index (χ1v) is 4.07. The Hall–Kier alpha value is -1.78. The molecule has 2 aromatic rings. The third kappa shape index (κ3) is 1.60. The van der Waals surface area contributed by atoms with Crippen molar-refractivity contribution < 1.29 is 22.4 Å². The molecule has 0 N–H and O–H groups in total. The maximum Gasteiger partial charge on any atom is 0.449 e. The molecule has 0 saturated heterocycles. The van der Waals surface area contributed by atoms with Crippen molar-refractivity contribution in [3.63, 3.8) is 0 Å². The number of halogens is 3. The molecular weight excluding hydrogens is 209 g/mol. The van der Waals surface area contributed by atoms with E-state index < -0.39 is 11.9 Å². The molecule has 0 unspecified atom stereocenters. The number of carbonyl (C=O) groups is 1. The highest BCUT2D eigenvalue weighted by molar-refractivity contribution is 5.94. The predicted octanol–water partition coefficient (Wildman–Crippen LogP) is 3.26. The van der Waals surface area contributed by atoms with Crippen LogP contribution in [0.3, 0.4) is 0 Å². The van der Waals surface area contributed by atoms with Crippen LogP contribution in [0.25, 0.3) is 11.0 Å². The second kappa shape index (κ2) is 3.12. The van der Waals surface area contributed by atoms with Crippen LogP contribution in [0, 0.1) is 0 Å². The SMILES string of the molecule is O=Cc1cccc2cc(C(F)(F)F)oc12. The first kappa shape index (κ1) is 9.76. The van der Waals surface area contributed by atoms with Gasteiger partial charge in [0.2, 0.25) is 5.76 Å². The Morgan fingerprint density at radius 2 is 2.00 bits per heavy atom. The van der Waals surface area contributed by atoms with Gasteiger partial charge in [-0.1, -0.05) is 12.1 Å². The minimum atomic E-state index is -4.53. The number of benzene rings is 1. The number of fused-ring (bicyclic) bond motifs is 1. The highest BCUT2D eigenvalue weighted by Gasteiger charge is 2.35. The van der Waals surface area contributed by atoms with E-state index in [2.05, 4.69) is 4.42 Å². The Kier molecular flexibility index (Phi) is 2.03. The third-order valence-electron chi connectivity index (χ3n) is 1.98. The Balaban J connectivity index is 2.70. The first-order chi connectivity index (χ1) is 7.02. The summed E-state index contributed by atoms with van der Waals surface area (Å²) < 4.78 is 41.4. The molecule has 1 aromatic carbocycles. The van der Waals surface area contributed by atoms with E-state index in [0.29, 0.717) is 6.29 Å². The first-order valence-electron chi connectivity index (χ1n) is 4.07. The summed E-state index contributed by atoms with van der Waals surface area (Å²) in [5.41, 5.74) is 0.0859. The lowest BCUT2D eigenvalue weighted by molar-refractivity contribution is -0.152. The van der Waals surface area contributed by atoms with Gasteiger partial charge in [-0.05, 0) is 12.1 Å². The fraction of sp³-hybridized carbons (Fsp3) is 0.100. The molecule has 15 heavy (non-hydrogen) atoms. The number of furan rings is 1. The molecule has 78 valence electrons. The molecule has 0 aliphatic heterocycles. The summed E-state index contributed by atoms with van der Waals surface area (Å²) in [7, 11) is 0. The highest BCUT2D eigenvalue weighted by Crippen LogP contribution is 2.34. The molecule has 0 atom stereocenters. The topological polar surface area (TPSA) is 30.2 Å². The zero-order chi connectivity index (χ0) is 11.1. The third-order valence-corrected chi connectivity index (χ3v) is 1.98. The van der Waals surface area contributed by atoms with Gasteiger partial charge in [0.15, 0.2) is 6.29 Å². The molecule has 2 nitrogen and oxygen atoms in total. The maximum atomic E-state index is 12.3. The predicted molar refractivity (Wildman–Crippen MR) is 46.6 cm³/mol. The summed E-state index contributed by atoms with van der Waals surface area (Å²) in [5.74, 6) is -1.09. The van der Waals surface area contributed by atoms with Crippen molar-refractivity contribution in [3.05, 3.63) is 35.6 Å². The quantitative estimate of drug-likeness (QED) is 0.682. The highest BCUT2D eigenvalue weighted by atomic mass is 19.4. The smallest absolute Gasteiger partial charge is 0.449 e. The fourth-order valence-corrected chi connectivity index (χ4v) is 1.32. The molecular formula is C10H5F3O2. The lowest BCUT2D eigenvalue weighted by atomic mass is 10.2. The van der Waals surface area contributed by atoms with E-state index in [1.807, 2.05) is 0 Å². The van der Waals surface area contributed by atoms with Gasteiger partial charge < -0.3 is 4.42 Å². The zero-order valence-electron chi connectivity index (χ0n) is 7.34. The van der Waals surface area contributed by atoms with Crippen LogP contribution < -0.4 is 0 Å². The van der Waals surface area contributed by atoms with Crippen LogP contribution >= 0.6 is 0 Å². The normalized spacial score (nSPS) is 11.9. The van der Waals surface area contributed by atoms with Gasteiger partial charge in [-0.25, -0.2) is 0 Å². The van der Waals surface area contributed by atoms with E-state index in [-0.39, 0.29) is 16.5 Å². The van der Waals surface area contributed by atoms with E-state index in [1.54, 1.807) is 0 Å². The molecule has 0 radical (unpaired) electrons. The molecule has 0 aliphatic rings. The maximum absolute atomic E-state index is 12.3. The van der Waals surface area contributed by atoms with Crippen LogP contribution in [-0.4, -0.2) is 6.29 Å². The molecule has 0 spiro atoms. The number of aldehydes is 1. The van der Waals surface area contributed by atoms with Crippen molar-refractivity contribution in [1.82, 2.24) is 0 Å². The minimum Gasteiger partial charge on any atom is -0.451 e. The van der Waals surface area contributed by atoms with Crippen LogP contribution in [0.4, 0.5) is 13.2 Å². The summed E-state index contributed by atoms with van der Waals surface area (Å²) >= 11 is 0. The summed E-state index contributed by atoms with van der Waals surface area (Å²) in [6.07, 6.45) is -4.06. The summed E-state index contributed by atoms with van der Waals surface area (Å²) in [5, 5.41) is 0.270.